The van der Waals surface area contributed by atoms with Crippen molar-refractivity contribution in [2.24, 2.45) is 10.4 Å². The topological polar surface area (TPSA) is 58.1 Å². The molecule has 6 nitrogen and oxygen atoms in total. The van der Waals surface area contributed by atoms with Crippen molar-refractivity contribution < 1.29 is 18.3 Å². The lowest BCUT2D eigenvalue weighted by Crippen LogP contribution is -2.44. The summed E-state index contributed by atoms with van der Waals surface area (Å²) in [6.07, 6.45) is 0. The Morgan fingerprint density at radius 3 is 2.46 bits per heavy atom. The summed E-state index contributed by atoms with van der Waals surface area (Å²) in [5.74, 6) is 0.934. The minimum absolute atomic E-state index is 0. The summed E-state index contributed by atoms with van der Waals surface area (Å²) >= 11 is 0. The van der Waals surface area contributed by atoms with Gasteiger partial charge in [0.05, 0.1) is 6.61 Å². The molecule has 162 valence electrons. The normalized spacial score (nSPS) is 12.0. The van der Waals surface area contributed by atoms with Gasteiger partial charge in [0.1, 0.15) is 0 Å². The highest BCUT2D eigenvalue weighted by atomic mass is 127. The number of alkyl halides is 2. The zero-order chi connectivity index (χ0) is 20.4. The number of nitrogens with zero attached hydrogens (tertiary/aromatic N) is 2. The number of benzene rings is 1. The molecule has 0 fully saturated rings. The van der Waals surface area contributed by atoms with E-state index in [1.54, 1.807) is 32.2 Å². The van der Waals surface area contributed by atoms with Gasteiger partial charge in [-0.05, 0) is 32.5 Å². The van der Waals surface area contributed by atoms with Crippen LogP contribution >= 0.6 is 24.0 Å². The number of rotatable bonds is 10. The van der Waals surface area contributed by atoms with E-state index in [1.165, 1.54) is 0 Å². The highest BCUT2D eigenvalue weighted by Crippen LogP contribution is 2.32. The van der Waals surface area contributed by atoms with Crippen molar-refractivity contribution in [3.63, 3.8) is 0 Å². The SMILES string of the molecule is CCOc1cccc(CNC(=NC)NCC(C)(C)CN(C)C)c1OC(F)F.I. The molecule has 0 heterocycles. The smallest absolute Gasteiger partial charge is 0.387 e. The first kappa shape index (κ1) is 26.6. The Kier molecular flexibility index (Phi) is 12.3. The lowest BCUT2D eigenvalue weighted by molar-refractivity contribution is -0.0520. The second-order valence-electron chi connectivity index (χ2n) is 7.24. The van der Waals surface area contributed by atoms with E-state index in [2.05, 4.69) is 39.1 Å². The summed E-state index contributed by atoms with van der Waals surface area (Å²) in [5.41, 5.74) is 0.608. The molecule has 0 amide bonds. The van der Waals surface area contributed by atoms with Crippen LogP contribution in [-0.2, 0) is 6.54 Å². The second-order valence-corrected chi connectivity index (χ2v) is 7.24. The molecular formula is C19H33F2IN4O2. The first-order valence-corrected chi connectivity index (χ1v) is 8.97. The number of halogens is 3. The van der Waals surface area contributed by atoms with Crippen LogP contribution in [0.1, 0.15) is 26.3 Å². The summed E-state index contributed by atoms with van der Waals surface area (Å²) in [5, 5.41) is 6.42. The van der Waals surface area contributed by atoms with Crippen molar-refractivity contribution in [2.45, 2.75) is 33.9 Å². The van der Waals surface area contributed by atoms with Gasteiger partial charge in [-0.1, -0.05) is 26.0 Å². The van der Waals surface area contributed by atoms with Crippen LogP contribution in [0.15, 0.2) is 23.2 Å². The Bertz CT molecular complexity index is 614. The largest absolute Gasteiger partial charge is 0.490 e. The summed E-state index contributed by atoms with van der Waals surface area (Å²) in [6, 6.07) is 5.08. The summed E-state index contributed by atoms with van der Waals surface area (Å²) in [6.45, 7) is 5.45. The molecule has 1 aromatic carbocycles. The Morgan fingerprint density at radius 1 is 1.25 bits per heavy atom. The molecule has 0 saturated heterocycles. The van der Waals surface area contributed by atoms with E-state index in [0.717, 1.165) is 6.54 Å². The van der Waals surface area contributed by atoms with Crippen molar-refractivity contribution in [2.75, 3.05) is 40.8 Å². The van der Waals surface area contributed by atoms with Crippen molar-refractivity contribution in [1.29, 1.82) is 0 Å². The molecule has 9 heteroatoms. The average Bonchev–Trinajstić information content (AvgIpc) is 2.56. The number of aliphatic imine (C=N–C) groups is 1. The third-order valence-electron chi connectivity index (χ3n) is 3.72. The molecule has 0 unspecified atom stereocenters. The van der Waals surface area contributed by atoms with Crippen LogP contribution in [0, 0.1) is 5.41 Å². The van der Waals surface area contributed by atoms with Gasteiger partial charge in [0.15, 0.2) is 17.5 Å². The van der Waals surface area contributed by atoms with Gasteiger partial charge in [0.25, 0.3) is 0 Å². The maximum atomic E-state index is 12.8. The predicted molar refractivity (Wildman–Crippen MR) is 120 cm³/mol. The molecule has 0 aliphatic carbocycles. The number of nitrogens with one attached hydrogen (secondary N) is 2. The van der Waals surface area contributed by atoms with E-state index in [1.807, 2.05) is 14.1 Å². The van der Waals surface area contributed by atoms with Crippen molar-refractivity contribution in [1.82, 2.24) is 15.5 Å². The minimum atomic E-state index is -2.92. The van der Waals surface area contributed by atoms with Gasteiger partial charge in [0, 0.05) is 32.2 Å². The maximum Gasteiger partial charge on any atom is 0.387 e. The molecule has 28 heavy (non-hydrogen) atoms. The van der Waals surface area contributed by atoms with E-state index >= 15 is 0 Å². The van der Waals surface area contributed by atoms with E-state index in [0.29, 0.717) is 30.4 Å². The van der Waals surface area contributed by atoms with Crippen LogP contribution in [-0.4, -0.2) is 58.3 Å². The van der Waals surface area contributed by atoms with Crippen LogP contribution in [0.2, 0.25) is 0 Å². The third kappa shape index (κ3) is 9.72. The maximum absolute atomic E-state index is 12.8. The van der Waals surface area contributed by atoms with Crippen molar-refractivity contribution in [3.05, 3.63) is 23.8 Å². The molecule has 0 radical (unpaired) electrons. The van der Waals surface area contributed by atoms with Gasteiger partial charge >= 0.3 is 6.61 Å². The molecule has 0 atom stereocenters. The molecule has 1 rings (SSSR count). The highest BCUT2D eigenvalue weighted by molar-refractivity contribution is 14.0. The zero-order valence-electron chi connectivity index (χ0n) is 17.5. The van der Waals surface area contributed by atoms with E-state index < -0.39 is 6.61 Å². The van der Waals surface area contributed by atoms with Crippen LogP contribution in [0.25, 0.3) is 0 Å². The minimum Gasteiger partial charge on any atom is -0.490 e. The summed E-state index contributed by atoms with van der Waals surface area (Å²) < 4.78 is 35.7. The van der Waals surface area contributed by atoms with Gasteiger partial charge in [-0.2, -0.15) is 8.78 Å². The van der Waals surface area contributed by atoms with Gasteiger partial charge < -0.3 is 25.0 Å². The number of ether oxygens (including phenoxy) is 2. The number of hydrogen-bond acceptors (Lipinski definition) is 4. The van der Waals surface area contributed by atoms with Crippen molar-refractivity contribution >= 4 is 29.9 Å². The van der Waals surface area contributed by atoms with E-state index in [9.17, 15) is 8.78 Å². The molecule has 0 aliphatic heterocycles. The van der Waals surface area contributed by atoms with Gasteiger partial charge in [0.2, 0.25) is 0 Å². The molecule has 0 spiro atoms. The molecule has 1 aromatic rings. The third-order valence-corrected chi connectivity index (χ3v) is 3.72. The highest BCUT2D eigenvalue weighted by Gasteiger charge is 2.20. The Hall–Kier alpha value is -1.36. The van der Waals surface area contributed by atoms with Crippen LogP contribution in [0.3, 0.4) is 0 Å². The second kappa shape index (κ2) is 13.0. The Morgan fingerprint density at radius 2 is 1.93 bits per heavy atom. The van der Waals surface area contributed by atoms with E-state index in [4.69, 9.17) is 4.74 Å². The first-order valence-electron chi connectivity index (χ1n) is 8.97. The predicted octanol–water partition coefficient (Wildman–Crippen LogP) is 3.56. The number of para-hydroxylation sites is 1. The van der Waals surface area contributed by atoms with Gasteiger partial charge in [-0.15, -0.1) is 24.0 Å². The number of guanidine groups is 1. The molecule has 0 aliphatic rings. The zero-order valence-corrected chi connectivity index (χ0v) is 19.8. The summed E-state index contributed by atoms with van der Waals surface area (Å²) in [4.78, 5) is 6.33. The lowest BCUT2D eigenvalue weighted by Gasteiger charge is -2.29. The molecule has 0 bridgehead atoms. The van der Waals surface area contributed by atoms with Crippen LogP contribution in [0.5, 0.6) is 11.5 Å². The Labute approximate surface area is 184 Å². The van der Waals surface area contributed by atoms with Gasteiger partial charge in [-0.3, -0.25) is 4.99 Å². The fraction of sp³-hybridized carbons (Fsp3) is 0.632. The fourth-order valence-electron chi connectivity index (χ4n) is 2.83. The quantitative estimate of drug-likeness (QED) is 0.284. The molecular weight excluding hydrogens is 481 g/mol. The van der Waals surface area contributed by atoms with Crippen LogP contribution < -0.4 is 20.1 Å². The van der Waals surface area contributed by atoms with E-state index in [-0.39, 0.29) is 41.7 Å². The van der Waals surface area contributed by atoms with Crippen LogP contribution in [0.4, 0.5) is 8.78 Å². The van der Waals surface area contributed by atoms with Crippen molar-refractivity contribution in [3.8, 4) is 11.5 Å². The molecule has 0 aromatic heterocycles. The fourth-order valence-corrected chi connectivity index (χ4v) is 2.83. The molecule has 0 saturated carbocycles. The first-order chi connectivity index (χ1) is 12.7. The summed E-state index contributed by atoms with van der Waals surface area (Å²) in [7, 11) is 5.73. The monoisotopic (exact) mass is 514 g/mol. The van der Waals surface area contributed by atoms with Gasteiger partial charge in [-0.25, -0.2) is 0 Å². The Balaban J connectivity index is 0.00000729. The molecule has 2 N–H and O–H groups in total. The standard InChI is InChI=1S/C19H32F2N4O2.HI/c1-7-26-15-10-8-9-14(16(15)27-17(20)21)11-23-18(22-4)24-12-19(2,3)13-25(5)6;/h8-10,17H,7,11-13H2,1-6H3,(H2,22,23,24);1H. The average molecular weight is 514 g/mol. The number of hydrogen-bond donors (Lipinski definition) is 2. The lowest BCUT2D eigenvalue weighted by atomic mass is 9.93.